The Balaban J connectivity index is 2.44. The first-order chi connectivity index (χ1) is 8.61. The number of hydrogen-bond donors (Lipinski definition) is 1. The molecule has 0 saturated carbocycles. The van der Waals surface area contributed by atoms with Gasteiger partial charge in [0.1, 0.15) is 0 Å². The van der Waals surface area contributed by atoms with Crippen LogP contribution in [-0.4, -0.2) is 29.1 Å². The molecule has 0 bridgehead atoms. The second-order valence-corrected chi connectivity index (χ2v) is 4.44. The van der Waals surface area contributed by atoms with Crippen molar-refractivity contribution in [1.29, 1.82) is 0 Å². The minimum Gasteiger partial charge on any atom is -0.478 e. The summed E-state index contributed by atoms with van der Waals surface area (Å²) in [5, 5.41) is 9.26. The molecule has 3 heteroatoms. The maximum Gasteiger partial charge on any atom is 0.336 e. The fourth-order valence-corrected chi connectivity index (χ4v) is 2.04. The first-order valence-corrected chi connectivity index (χ1v) is 6.07. The van der Waals surface area contributed by atoms with Crippen molar-refractivity contribution in [3.05, 3.63) is 53.2 Å². The largest absolute Gasteiger partial charge is 0.478 e. The quantitative estimate of drug-likeness (QED) is 0.887. The summed E-state index contributed by atoms with van der Waals surface area (Å²) >= 11 is 0. The molecule has 3 nitrogen and oxygen atoms in total. The van der Waals surface area contributed by atoms with Crippen LogP contribution < -0.4 is 0 Å². The average Bonchev–Trinajstić information content (AvgIpc) is 2.38. The van der Waals surface area contributed by atoms with Gasteiger partial charge in [-0.2, -0.15) is 0 Å². The molecule has 0 amide bonds. The lowest BCUT2D eigenvalue weighted by molar-refractivity contribution is -0.132. The first-order valence-electron chi connectivity index (χ1n) is 6.07. The summed E-state index contributed by atoms with van der Waals surface area (Å²) in [6, 6.07) is 7.99. The monoisotopic (exact) mass is 243 g/mol. The molecule has 1 heterocycles. The molecule has 0 aromatic heterocycles. The Kier molecular flexibility index (Phi) is 3.51. The van der Waals surface area contributed by atoms with E-state index in [1.54, 1.807) is 6.08 Å². The summed E-state index contributed by atoms with van der Waals surface area (Å²) in [7, 11) is 0. The number of carboxylic acids is 1. The molecule has 0 radical (unpaired) electrons. The van der Waals surface area contributed by atoms with Gasteiger partial charge in [0, 0.05) is 19.3 Å². The molecule has 0 saturated heterocycles. The minimum atomic E-state index is -0.863. The molecule has 2 rings (SSSR count). The lowest BCUT2D eigenvalue weighted by atomic mass is 9.96. The van der Waals surface area contributed by atoms with E-state index < -0.39 is 5.97 Å². The molecule has 1 aromatic carbocycles. The second kappa shape index (κ2) is 5.08. The van der Waals surface area contributed by atoms with Gasteiger partial charge in [0.25, 0.3) is 0 Å². The number of rotatable bonds is 3. The fraction of sp³-hybridized carbons (Fsp3) is 0.267. The van der Waals surface area contributed by atoms with Crippen molar-refractivity contribution in [2.75, 3.05) is 13.1 Å². The highest BCUT2D eigenvalue weighted by Crippen LogP contribution is 2.25. The van der Waals surface area contributed by atoms with Gasteiger partial charge in [-0.15, -0.1) is 0 Å². The van der Waals surface area contributed by atoms with Crippen LogP contribution in [0.15, 0.2) is 42.1 Å². The van der Waals surface area contributed by atoms with Crippen molar-refractivity contribution in [1.82, 2.24) is 4.90 Å². The second-order valence-electron chi connectivity index (χ2n) is 4.44. The Labute approximate surface area is 107 Å². The number of hydrogen-bond acceptors (Lipinski definition) is 2. The van der Waals surface area contributed by atoms with Crippen LogP contribution >= 0.6 is 0 Å². The highest BCUT2D eigenvalue weighted by molar-refractivity contribution is 6.00. The molecule has 1 aliphatic rings. The van der Waals surface area contributed by atoms with E-state index in [1.165, 1.54) is 5.56 Å². The molecule has 1 N–H and O–H groups in total. The molecule has 0 spiro atoms. The van der Waals surface area contributed by atoms with Gasteiger partial charge < -0.3 is 10.0 Å². The third-order valence-corrected chi connectivity index (χ3v) is 3.17. The van der Waals surface area contributed by atoms with Crippen LogP contribution in [0, 0.1) is 6.92 Å². The molecule has 0 unspecified atom stereocenters. The molecule has 0 aliphatic carbocycles. The Morgan fingerprint density at radius 1 is 1.33 bits per heavy atom. The molecule has 94 valence electrons. The van der Waals surface area contributed by atoms with Crippen molar-refractivity contribution >= 4 is 11.5 Å². The van der Waals surface area contributed by atoms with Gasteiger partial charge >= 0.3 is 5.97 Å². The van der Waals surface area contributed by atoms with Gasteiger partial charge in [-0.05, 0) is 31.1 Å². The van der Waals surface area contributed by atoms with Gasteiger partial charge in [0.15, 0.2) is 0 Å². The standard InChI is InChI=1S/C15H17NO2/c1-3-16-9-8-13(15(17)18)14(10-16)12-6-4-11(2)5-7-12/h4-9H,3,10H2,1-2H3,(H,17,18). The summed E-state index contributed by atoms with van der Waals surface area (Å²) in [6.45, 7) is 5.61. The summed E-state index contributed by atoms with van der Waals surface area (Å²) in [5.74, 6) is -0.863. The highest BCUT2D eigenvalue weighted by atomic mass is 16.4. The predicted molar refractivity (Wildman–Crippen MR) is 72.1 cm³/mol. The summed E-state index contributed by atoms with van der Waals surface area (Å²) in [6.07, 6.45) is 3.53. The van der Waals surface area contributed by atoms with Crippen LogP contribution in [0.2, 0.25) is 0 Å². The van der Waals surface area contributed by atoms with E-state index in [0.29, 0.717) is 12.1 Å². The summed E-state index contributed by atoms with van der Waals surface area (Å²) in [4.78, 5) is 13.4. The number of aryl methyl sites for hydroxylation is 1. The van der Waals surface area contributed by atoms with E-state index in [-0.39, 0.29) is 0 Å². The van der Waals surface area contributed by atoms with Crippen LogP contribution in [0.1, 0.15) is 18.1 Å². The van der Waals surface area contributed by atoms with E-state index in [0.717, 1.165) is 17.7 Å². The minimum absolute atomic E-state index is 0.392. The molecule has 0 fully saturated rings. The van der Waals surface area contributed by atoms with Crippen molar-refractivity contribution in [3.8, 4) is 0 Å². The van der Waals surface area contributed by atoms with Gasteiger partial charge in [-0.1, -0.05) is 29.8 Å². The van der Waals surface area contributed by atoms with Crippen LogP contribution in [0.25, 0.3) is 5.57 Å². The molecular formula is C15H17NO2. The lowest BCUT2D eigenvalue weighted by Gasteiger charge is -2.25. The van der Waals surface area contributed by atoms with Crippen molar-refractivity contribution in [2.45, 2.75) is 13.8 Å². The fourth-order valence-electron chi connectivity index (χ4n) is 2.04. The van der Waals surface area contributed by atoms with Gasteiger partial charge in [-0.25, -0.2) is 4.79 Å². The molecule has 18 heavy (non-hydrogen) atoms. The van der Waals surface area contributed by atoms with E-state index >= 15 is 0 Å². The number of likely N-dealkylation sites (N-methyl/N-ethyl adjacent to an activating group) is 1. The first kappa shape index (κ1) is 12.4. The SMILES string of the molecule is CCN1C=CC(C(=O)O)=C(c2ccc(C)cc2)C1. The van der Waals surface area contributed by atoms with Crippen LogP contribution in [0.4, 0.5) is 0 Å². The number of nitrogens with zero attached hydrogens (tertiary/aromatic N) is 1. The zero-order valence-electron chi connectivity index (χ0n) is 10.7. The smallest absolute Gasteiger partial charge is 0.336 e. The van der Waals surface area contributed by atoms with Gasteiger partial charge in [0.2, 0.25) is 0 Å². The third-order valence-electron chi connectivity index (χ3n) is 3.17. The van der Waals surface area contributed by atoms with Crippen molar-refractivity contribution in [3.63, 3.8) is 0 Å². The van der Waals surface area contributed by atoms with Gasteiger partial charge in [-0.3, -0.25) is 0 Å². The molecule has 1 aromatic rings. The predicted octanol–water partition coefficient (Wildman–Crippen LogP) is 2.68. The summed E-state index contributed by atoms with van der Waals surface area (Å²) < 4.78 is 0. The number of benzene rings is 1. The Morgan fingerprint density at radius 2 is 2.00 bits per heavy atom. The van der Waals surface area contributed by atoms with Crippen molar-refractivity contribution in [2.24, 2.45) is 0 Å². The zero-order chi connectivity index (χ0) is 13.1. The van der Waals surface area contributed by atoms with E-state index in [9.17, 15) is 9.90 Å². The Morgan fingerprint density at radius 3 is 2.56 bits per heavy atom. The maximum atomic E-state index is 11.3. The highest BCUT2D eigenvalue weighted by Gasteiger charge is 2.18. The third kappa shape index (κ3) is 2.45. The normalized spacial score (nSPS) is 15.1. The van der Waals surface area contributed by atoms with Gasteiger partial charge in [0.05, 0.1) is 5.57 Å². The number of aliphatic carboxylic acids is 1. The molecule has 0 atom stereocenters. The Bertz CT molecular complexity index is 512. The van der Waals surface area contributed by atoms with E-state index in [1.807, 2.05) is 37.4 Å². The van der Waals surface area contributed by atoms with E-state index in [4.69, 9.17) is 0 Å². The molecular weight excluding hydrogens is 226 g/mol. The van der Waals surface area contributed by atoms with Crippen LogP contribution in [0.5, 0.6) is 0 Å². The van der Waals surface area contributed by atoms with Crippen molar-refractivity contribution < 1.29 is 9.90 Å². The number of carbonyl (C=O) groups is 1. The lowest BCUT2D eigenvalue weighted by Crippen LogP contribution is -2.24. The van der Waals surface area contributed by atoms with Crippen LogP contribution in [0.3, 0.4) is 0 Å². The topological polar surface area (TPSA) is 40.5 Å². The summed E-state index contributed by atoms with van der Waals surface area (Å²) in [5.41, 5.74) is 3.44. The molecule has 1 aliphatic heterocycles. The Hall–Kier alpha value is -2.03. The van der Waals surface area contributed by atoms with Crippen LogP contribution in [-0.2, 0) is 4.79 Å². The number of carboxylic acid groups (broad SMARTS) is 1. The average molecular weight is 243 g/mol. The zero-order valence-corrected chi connectivity index (χ0v) is 10.7. The maximum absolute atomic E-state index is 11.3. The van der Waals surface area contributed by atoms with E-state index in [2.05, 4.69) is 11.8 Å².